The van der Waals surface area contributed by atoms with Crippen LogP contribution in [0.2, 0.25) is 0 Å². The van der Waals surface area contributed by atoms with E-state index in [1.807, 2.05) is 37.3 Å². The zero-order valence-electron chi connectivity index (χ0n) is 23.7. The van der Waals surface area contributed by atoms with Gasteiger partial charge in [0.2, 0.25) is 0 Å². The fourth-order valence-corrected chi connectivity index (χ4v) is 5.14. The standard InChI is InChI=1S/C39H28N4/c1-27-9-8-14-36(40-27)32-19-25-35(26-20-32)39-42-37(33-21-15-30(16-22-33)28-10-4-2-5-11-28)41-38(43-39)34-23-17-31(18-24-34)29-12-6-3-7-13-29/h2-26H,1H3. The summed E-state index contributed by atoms with van der Waals surface area (Å²) < 4.78 is 0. The van der Waals surface area contributed by atoms with E-state index in [9.17, 15) is 0 Å². The quantitative estimate of drug-likeness (QED) is 0.206. The first-order valence-electron chi connectivity index (χ1n) is 14.3. The highest BCUT2D eigenvalue weighted by Gasteiger charge is 2.13. The van der Waals surface area contributed by atoms with E-state index >= 15 is 0 Å². The summed E-state index contributed by atoms with van der Waals surface area (Å²) in [4.78, 5) is 19.5. The number of aryl methyl sites for hydroxylation is 1. The lowest BCUT2D eigenvalue weighted by Gasteiger charge is -2.10. The zero-order chi connectivity index (χ0) is 29.0. The summed E-state index contributed by atoms with van der Waals surface area (Å²) >= 11 is 0. The van der Waals surface area contributed by atoms with Gasteiger partial charge in [-0.3, -0.25) is 4.98 Å². The summed E-state index contributed by atoms with van der Waals surface area (Å²) in [6.45, 7) is 2.00. The van der Waals surface area contributed by atoms with Crippen molar-refractivity contribution in [3.8, 4) is 67.7 Å². The Morgan fingerprint density at radius 1 is 0.279 bits per heavy atom. The Labute approximate surface area is 251 Å². The van der Waals surface area contributed by atoms with Gasteiger partial charge in [-0.05, 0) is 41.3 Å². The molecule has 0 amide bonds. The van der Waals surface area contributed by atoms with Gasteiger partial charge >= 0.3 is 0 Å². The molecule has 4 heteroatoms. The maximum atomic E-state index is 4.95. The lowest BCUT2D eigenvalue weighted by Crippen LogP contribution is -2.00. The molecule has 7 rings (SSSR count). The molecule has 204 valence electrons. The molecule has 0 bridgehead atoms. The molecule has 0 saturated heterocycles. The summed E-state index contributed by atoms with van der Waals surface area (Å²) in [6.07, 6.45) is 0. The average molecular weight is 553 g/mol. The van der Waals surface area contributed by atoms with Gasteiger partial charge in [-0.15, -0.1) is 0 Å². The number of pyridine rings is 1. The van der Waals surface area contributed by atoms with Gasteiger partial charge < -0.3 is 0 Å². The van der Waals surface area contributed by atoms with Crippen molar-refractivity contribution in [2.24, 2.45) is 0 Å². The van der Waals surface area contributed by atoms with Crippen LogP contribution in [0.15, 0.2) is 152 Å². The summed E-state index contributed by atoms with van der Waals surface area (Å²) in [6, 6.07) is 51.8. The van der Waals surface area contributed by atoms with Crippen molar-refractivity contribution in [2.75, 3.05) is 0 Å². The van der Waals surface area contributed by atoms with Gasteiger partial charge in [-0.25, -0.2) is 15.0 Å². The van der Waals surface area contributed by atoms with Crippen LogP contribution in [0.1, 0.15) is 5.69 Å². The molecule has 0 atom stereocenters. The van der Waals surface area contributed by atoms with Gasteiger partial charge in [0.1, 0.15) is 0 Å². The molecule has 0 N–H and O–H groups in total. The monoisotopic (exact) mass is 552 g/mol. The molecular weight excluding hydrogens is 524 g/mol. The molecular formula is C39H28N4. The molecule has 2 heterocycles. The largest absolute Gasteiger partial charge is 0.253 e. The van der Waals surface area contributed by atoms with Crippen LogP contribution in [0.5, 0.6) is 0 Å². The van der Waals surface area contributed by atoms with Crippen molar-refractivity contribution in [3.05, 3.63) is 157 Å². The van der Waals surface area contributed by atoms with Crippen molar-refractivity contribution < 1.29 is 0 Å². The van der Waals surface area contributed by atoms with E-state index < -0.39 is 0 Å². The fraction of sp³-hybridized carbons (Fsp3) is 0.0256. The Morgan fingerprint density at radius 2 is 0.628 bits per heavy atom. The summed E-state index contributed by atoms with van der Waals surface area (Å²) in [7, 11) is 0. The Balaban J connectivity index is 1.28. The molecule has 0 saturated carbocycles. The molecule has 4 nitrogen and oxygen atoms in total. The van der Waals surface area contributed by atoms with E-state index in [0.717, 1.165) is 44.8 Å². The summed E-state index contributed by atoms with van der Waals surface area (Å²) in [5.74, 6) is 1.90. The van der Waals surface area contributed by atoms with Gasteiger partial charge in [-0.2, -0.15) is 0 Å². The number of hydrogen-bond acceptors (Lipinski definition) is 4. The first-order valence-corrected chi connectivity index (χ1v) is 14.3. The molecule has 7 aromatic rings. The number of benzene rings is 5. The summed E-state index contributed by atoms with van der Waals surface area (Å²) in [5, 5.41) is 0. The normalized spacial score (nSPS) is 10.9. The van der Waals surface area contributed by atoms with Gasteiger partial charge in [0.05, 0.1) is 5.69 Å². The molecule has 0 aliphatic heterocycles. The van der Waals surface area contributed by atoms with Crippen LogP contribution in [0, 0.1) is 6.92 Å². The highest BCUT2D eigenvalue weighted by Crippen LogP contribution is 2.29. The topological polar surface area (TPSA) is 51.6 Å². The van der Waals surface area contributed by atoms with Crippen molar-refractivity contribution >= 4 is 0 Å². The van der Waals surface area contributed by atoms with E-state index in [4.69, 9.17) is 15.0 Å². The molecule has 0 radical (unpaired) electrons. The predicted octanol–water partition coefficient (Wildman–Crippen LogP) is 9.58. The van der Waals surface area contributed by atoms with Crippen molar-refractivity contribution in [2.45, 2.75) is 6.92 Å². The molecule has 0 aliphatic rings. The molecule has 5 aromatic carbocycles. The maximum Gasteiger partial charge on any atom is 0.164 e. The minimum Gasteiger partial charge on any atom is -0.253 e. The minimum atomic E-state index is 0.628. The predicted molar refractivity (Wildman–Crippen MR) is 175 cm³/mol. The third kappa shape index (κ3) is 5.72. The number of rotatable bonds is 6. The van der Waals surface area contributed by atoms with E-state index in [-0.39, 0.29) is 0 Å². The zero-order valence-corrected chi connectivity index (χ0v) is 23.7. The lowest BCUT2D eigenvalue weighted by molar-refractivity contribution is 1.07. The number of hydrogen-bond donors (Lipinski definition) is 0. The van der Waals surface area contributed by atoms with Crippen LogP contribution in [0.3, 0.4) is 0 Å². The van der Waals surface area contributed by atoms with Gasteiger partial charge in [-0.1, -0.05) is 140 Å². The highest BCUT2D eigenvalue weighted by atomic mass is 15.0. The van der Waals surface area contributed by atoms with Crippen LogP contribution in [-0.4, -0.2) is 19.9 Å². The smallest absolute Gasteiger partial charge is 0.164 e. The van der Waals surface area contributed by atoms with Crippen LogP contribution < -0.4 is 0 Å². The fourth-order valence-electron chi connectivity index (χ4n) is 5.14. The molecule has 0 fully saturated rings. The van der Waals surface area contributed by atoms with Crippen LogP contribution >= 0.6 is 0 Å². The molecule has 2 aromatic heterocycles. The van der Waals surface area contributed by atoms with E-state index in [2.05, 4.69) is 126 Å². The average Bonchev–Trinajstić information content (AvgIpc) is 3.09. The Morgan fingerprint density at radius 3 is 1.02 bits per heavy atom. The first-order chi connectivity index (χ1) is 21.2. The highest BCUT2D eigenvalue weighted by molar-refractivity contribution is 5.73. The SMILES string of the molecule is Cc1cccc(-c2ccc(-c3nc(-c4ccc(-c5ccccc5)cc4)nc(-c4ccc(-c5ccccc5)cc4)n3)cc2)n1. The Bertz CT molecular complexity index is 1880. The van der Waals surface area contributed by atoms with Crippen LogP contribution in [0.25, 0.3) is 67.7 Å². The third-order valence-electron chi connectivity index (χ3n) is 7.46. The Kier molecular flexibility index (Phi) is 7.08. The minimum absolute atomic E-state index is 0.628. The van der Waals surface area contributed by atoms with Crippen molar-refractivity contribution in [1.29, 1.82) is 0 Å². The third-order valence-corrected chi connectivity index (χ3v) is 7.46. The van der Waals surface area contributed by atoms with Crippen LogP contribution in [0.4, 0.5) is 0 Å². The molecule has 0 aliphatic carbocycles. The first kappa shape index (κ1) is 26.2. The lowest BCUT2D eigenvalue weighted by atomic mass is 10.0. The maximum absolute atomic E-state index is 4.95. The second kappa shape index (κ2) is 11.6. The van der Waals surface area contributed by atoms with E-state index in [1.165, 1.54) is 11.1 Å². The Hall–Kier alpha value is -5.74. The number of aromatic nitrogens is 4. The molecule has 0 spiro atoms. The molecule has 43 heavy (non-hydrogen) atoms. The second-order valence-corrected chi connectivity index (χ2v) is 10.4. The summed E-state index contributed by atoms with van der Waals surface area (Å²) in [5.41, 5.74) is 10.4. The van der Waals surface area contributed by atoms with Crippen LogP contribution in [-0.2, 0) is 0 Å². The van der Waals surface area contributed by atoms with Crippen molar-refractivity contribution in [3.63, 3.8) is 0 Å². The molecule has 0 unspecified atom stereocenters. The van der Waals surface area contributed by atoms with E-state index in [0.29, 0.717) is 17.5 Å². The van der Waals surface area contributed by atoms with Crippen molar-refractivity contribution in [1.82, 2.24) is 19.9 Å². The van der Waals surface area contributed by atoms with Gasteiger partial charge in [0, 0.05) is 27.9 Å². The van der Waals surface area contributed by atoms with Gasteiger partial charge in [0.15, 0.2) is 17.5 Å². The number of nitrogens with zero attached hydrogens (tertiary/aromatic N) is 4. The second-order valence-electron chi connectivity index (χ2n) is 10.4. The van der Waals surface area contributed by atoms with E-state index in [1.54, 1.807) is 0 Å². The van der Waals surface area contributed by atoms with Gasteiger partial charge in [0.25, 0.3) is 0 Å².